The molecule has 0 spiro atoms. The molecule has 0 aromatic carbocycles. The van der Waals surface area contributed by atoms with Crippen molar-refractivity contribution in [3.05, 3.63) is 0 Å². The lowest BCUT2D eigenvalue weighted by atomic mass is 10.3. The first-order chi connectivity index (χ1) is 5.95. The molecule has 0 heterocycles. The van der Waals surface area contributed by atoms with Crippen LogP contribution in [0, 0.1) is 0 Å². The molecule has 0 aromatic heterocycles. The van der Waals surface area contributed by atoms with Gasteiger partial charge in [-0.1, -0.05) is 27.7 Å². The standard InChI is InChI=1S/C10H23NOS/c1-5-6-12-7-9(11)8-13-10(2,3)4/h9H,5-8,11H2,1-4H3. The molecule has 0 aromatic rings. The first kappa shape index (κ1) is 13.3. The Labute approximate surface area is 86.6 Å². The van der Waals surface area contributed by atoms with Gasteiger partial charge in [-0.05, 0) is 6.42 Å². The van der Waals surface area contributed by atoms with Crippen LogP contribution in [0.1, 0.15) is 34.1 Å². The van der Waals surface area contributed by atoms with E-state index in [1.54, 1.807) is 0 Å². The highest BCUT2D eigenvalue weighted by atomic mass is 32.2. The summed E-state index contributed by atoms with van der Waals surface area (Å²) < 4.78 is 5.68. The lowest BCUT2D eigenvalue weighted by molar-refractivity contribution is 0.126. The van der Waals surface area contributed by atoms with Gasteiger partial charge in [-0.15, -0.1) is 0 Å². The van der Waals surface area contributed by atoms with E-state index in [0.29, 0.717) is 11.4 Å². The Balaban J connectivity index is 3.35. The van der Waals surface area contributed by atoms with Gasteiger partial charge in [0.1, 0.15) is 0 Å². The average Bonchev–Trinajstić information content (AvgIpc) is 2.00. The highest BCUT2D eigenvalue weighted by Gasteiger charge is 2.12. The summed E-state index contributed by atoms with van der Waals surface area (Å²) in [5, 5.41) is 0. The van der Waals surface area contributed by atoms with E-state index in [-0.39, 0.29) is 6.04 Å². The van der Waals surface area contributed by atoms with Gasteiger partial charge in [0.25, 0.3) is 0 Å². The number of ether oxygens (including phenoxy) is 1. The molecular formula is C10H23NOS. The van der Waals surface area contributed by atoms with Crippen molar-refractivity contribution in [3.8, 4) is 0 Å². The predicted molar refractivity (Wildman–Crippen MR) is 61.3 cm³/mol. The number of hydrogen-bond donors (Lipinski definition) is 1. The second-order valence-electron chi connectivity index (χ2n) is 4.26. The molecule has 0 aliphatic carbocycles. The Morgan fingerprint density at radius 1 is 1.38 bits per heavy atom. The zero-order chi connectivity index (χ0) is 10.3. The van der Waals surface area contributed by atoms with Crippen LogP contribution < -0.4 is 5.73 Å². The van der Waals surface area contributed by atoms with Crippen LogP contribution in [-0.4, -0.2) is 29.8 Å². The Hall–Kier alpha value is 0.270. The quantitative estimate of drug-likeness (QED) is 0.676. The van der Waals surface area contributed by atoms with Crippen molar-refractivity contribution >= 4 is 11.8 Å². The van der Waals surface area contributed by atoms with E-state index in [0.717, 1.165) is 18.8 Å². The van der Waals surface area contributed by atoms with Crippen LogP contribution in [0.2, 0.25) is 0 Å². The molecule has 3 heteroatoms. The third-order valence-electron chi connectivity index (χ3n) is 1.41. The van der Waals surface area contributed by atoms with E-state index in [1.165, 1.54) is 0 Å². The van der Waals surface area contributed by atoms with E-state index in [1.807, 2.05) is 11.8 Å². The summed E-state index contributed by atoms with van der Waals surface area (Å²) in [5.74, 6) is 0.979. The van der Waals surface area contributed by atoms with Gasteiger partial charge in [-0.3, -0.25) is 0 Å². The SMILES string of the molecule is CCCOCC(N)CSC(C)(C)C. The minimum atomic E-state index is 0.177. The molecule has 0 radical (unpaired) electrons. The van der Waals surface area contributed by atoms with Crippen molar-refractivity contribution in [1.82, 2.24) is 0 Å². The van der Waals surface area contributed by atoms with Crippen LogP contribution in [-0.2, 0) is 4.74 Å². The maximum absolute atomic E-state index is 5.88. The molecule has 0 amide bonds. The molecule has 1 unspecified atom stereocenters. The van der Waals surface area contributed by atoms with Gasteiger partial charge < -0.3 is 10.5 Å². The van der Waals surface area contributed by atoms with Crippen LogP contribution in [0.25, 0.3) is 0 Å². The molecule has 0 fully saturated rings. The number of hydrogen-bond acceptors (Lipinski definition) is 3. The maximum atomic E-state index is 5.88. The van der Waals surface area contributed by atoms with E-state index >= 15 is 0 Å². The first-order valence-electron chi connectivity index (χ1n) is 4.93. The third-order valence-corrected chi connectivity index (χ3v) is 2.87. The minimum Gasteiger partial charge on any atom is -0.380 e. The number of nitrogens with two attached hydrogens (primary N) is 1. The van der Waals surface area contributed by atoms with E-state index in [4.69, 9.17) is 10.5 Å². The fourth-order valence-electron chi connectivity index (χ4n) is 0.784. The Bertz CT molecular complexity index is 123. The minimum absolute atomic E-state index is 0.177. The maximum Gasteiger partial charge on any atom is 0.0625 e. The molecule has 0 aliphatic rings. The van der Waals surface area contributed by atoms with Gasteiger partial charge in [-0.25, -0.2) is 0 Å². The van der Waals surface area contributed by atoms with Gasteiger partial charge in [-0.2, -0.15) is 11.8 Å². The Kier molecular flexibility index (Phi) is 6.82. The largest absolute Gasteiger partial charge is 0.380 e. The zero-order valence-electron chi connectivity index (χ0n) is 9.30. The third kappa shape index (κ3) is 10.2. The molecule has 2 N–H and O–H groups in total. The first-order valence-corrected chi connectivity index (χ1v) is 5.91. The second-order valence-corrected chi connectivity index (χ2v) is 6.11. The van der Waals surface area contributed by atoms with Crippen LogP contribution in [0.5, 0.6) is 0 Å². The summed E-state index contributed by atoms with van der Waals surface area (Å²) >= 11 is 1.89. The summed E-state index contributed by atoms with van der Waals surface area (Å²) in [5.41, 5.74) is 5.88. The molecule has 2 nitrogen and oxygen atoms in total. The molecule has 13 heavy (non-hydrogen) atoms. The van der Waals surface area contributed by atoms with Crippen LogP contribution in [0.4, 0.5) is 0 Å². The van der Waals surface area contributed by atoms with Crippen molar-refractivity contribution in [2.75, 3.05) is 19.0 Å². The summed E-state index contributed by atoms with van der Waals surface area (Å²) in [6, 6.07) is 0.177. The van der Waals surface area contributed by atoms with Crippen LogP contribution in [0.15, 0.2) is 0 Å². The highest BCUT2D eigenvalue weighted by molar-refractivity contribution is 8.00. The number of rotatable bonds is 6. The fraction of sp³-hybridized carbons (Fsp3) is 1.00. The van der Waals surface area contributed by atoms with Crippen molar-refractivity contribution in [2.45, 2.75) is 44.9 Å². The van der Waals surface area contributed by atoms with Crippen molar-refractivity contribution in [2.24, 2.45) is 5.73 Å². The topological polar surface area (TPSA) is 35.2 Å². The molecule has 0 bridgehead atoms. The number of thioether (sulfide) groups is 1. The molecule has 0 saturated carbocycles. The van der Waals surface area contributed by atoms with E-state index in [9.17, 15) is 0 Å². The summed E-state index contributed by atoms with van der Waals surface area (Å²) in [7, 11) is 0. The Morgan fingerprint density at radius 2 is 2.00 bits per heavy atom. The normalized spacial score (nSPS) is 14.5. The van der Waals surface area contributed by atoms with Crippen molar-refractivity contribution in [1.29, 1.82) is 0 Å². The molecule has 0 saturated heterocycles. The molecule has 0 aliphatic heterocycles. The van der Waals surface area contributed by atoms with Crippen LogP contribution in [0.3, 0.4) is 0 Å². The van der Waals surface area contributed by atoms with E-state index in [2.05, 4.69) is 27.7 Å². The highest BCUT2D eigenvalue weighted by Crippen LogP contribution is 2.23. The lowest BCUT2D eigenvalue weighted by Gasteiger charge is -2.20. The smallest absolute Gasteiger partial charge is 0.0625 e. The zero-order valence-corrected chi connectivity index (χ0v) is 10.1. The molecule has 80 valence electrons. The van der Waals surface area contributed by atoms with Crippen molar-refractivity contribution < 1.29 is 4.74 Å². The van der Waals surface area contributed by atoms with Crippen molar-refractivity contribution in [3.63, 3.8) is 0 Å². The summed E-state index contributed by atoms with van der Waals surface area (Å²) in [6.07, 6.45) is 1.07. The molecule has 1 atom stereocenters. The monoisotopic (exact) mass is 205 g/mol. The summed E-state index contributed by atoms with van der Waals surface area (Å²) in [4.78, 5) is 0. The average molecular weight is 205 g/mol. The molecule has 0 rings (SSSR count). The second kappa shape index (κ2) is 6.68. The van der Waals surface area contributed by atoms with Gasteiger partial charge in [0.05, 0.1) is 6.61 Å². The van der Waals surface area contributed by atoms with Gasteiger partial charge in [0.15, 0.2) is 0 Å². The Morgan fingerprint density at radius 3 is 2.46 bits per heavy atom. The van der Waals surface area contributed by atoms with Gasteiger partial charge in [0.2, 0.25) is 0 Å². The van der Waals surface area contributed by atoms with Gasteiger partial charge >= 0.3 is 0 Å². The lowest BCUT2D eigenvalue weighted by Crippen LogP contribution is -2.30. The predicted octanol–water partition coefficient (Wildman–Crippen LogP) is 2.27. The van der Waals surface area contributed by atoms with Gasteiger partial charge in [0, 0.05) is 23.1 Å². The fourth-order valence-corrected chi connectivity index (χ4v) is 1.59. The summed E-state index contributed by atoms with van der Waals surface area (Å²) in [6.45, 7) is 10.2. The molecular weight excluding hydrogens is 182 g/mol. The van der Waals surface area contributed by atoms with Crippen LogP contribution >= 0.6 is 11.8 Å². The van der Waals surface area contributed by atoms with E-state index < -0.39 is 0 Å².